The SMILES string of the molecule is O=S(=O)(c1ccc(OB(O)O)cc1)N1CCCC1. The van der Waals surface area contributed by atoms with Gasteiger partial charge in [-0.3, -0.25) is 0 Å². The largest absolute Gasteiger partial charge is 0.707 e. The first kappa shape index (κ1) is 13.3. The van der Waals surface area contributed by atoms with Crippen LogP contribution < -0.4 is 4.65 Å². The maximum atomic E-state index is 12.2. The van der Waals surface area contributed by atoms with Crippen molar-refractivity contribution >= 4 is 17.3 Å². The predicted octanol–water partition coefficient (Wildman–Crippen LogP) is -0.181. The molecule has 1 aliphatic rings. The van der Waals surface area contributed by atoms with E-state index in [0.29, 0.717) is 13.1 Å². The minimum absolute atomic E-state index is 0.184. The molecular formula is C10H14BNO5S. The summed E-state index contributed by atoms with van der Waals surface area (Å²) in [6.07, 6.45) is 1.77. The Balaban J connectivity index is 2.18. The Kier molecular flexibility index (Phi) is 3.91. The van der Waals surface area contributed by atoms with E-state index in [-0.39, 0.29) is 10.6 Å². The van der Waals surface area contributed by atoms with E-state index in [1.165, 1.54) is 28.6 Å². The molecule has 1 aliphatic heterocycles. The molecule has 0 radical (unpaired) electrons. The number of benzene rings is 1. The molecule has 0 saturated carbocycles. The summed E-state index contributed by atoms with van der Waals surface area (Å²) in [5.41, 5.74) is 0. The van der Waals surface area contributed by atoms with Gasteiger partial charge in [0.2, 0.25) is 10.0 Å². The molecule has 0 amide bonds. The lowest BCUT2D eigenvalue weighted by atomic mass is 10.2. The summed E-state index contributed by atoms with van der Waals surface area (Å²) in [6, 6.07) is 5.57. The van der Waals surface area contributed by atoms with Crippen molar-refractivity contribution in [3.8, 4) is 5.75 Å². The summed E-state index contributed by atoms with van der Waals surface area (Å²) in [4.78, 5) is 0.184. The van der Waals surface area contributed by atoms with E-state index in [0.717, 1.165) is 12.8 Å². The van der Waals surface area contributed by atoms with Crippen LogP contribution in [0.15, 0.2) is 29.2 Å². The Labute approximate surface area is 106 Å². The van der Waals surface area contributed by atoms with Gasteiger partial charge in [-0.15, -0.1) is 0 Å². The third-order valence-corrected chi connectivity index (χ3v) is 4.68. The van der Waals surface area contributed by atoms with Crippen LogP contribution in [0.2, 0.25) is 0 Å². The molecule has 98 valence electrons. The lowest BCUT2D eigenvalue weighted by Crippen LogP contribution is -2.27. The lowest BCUT2D eigenvalue weighted by molar-refractivity contribution is 0.288. The molecular weight excluding hydrogens is 257 g/mol. The standard InChI is InChI=1S/C10H14BNO5S/c13-11(14)17-9-3-5-10(6-4-9)18(15,16)12-7-1-2-8-12/h3-6,13-14H,1-2,7-8H2. The molecule has 1 aromatic rings. The molecule has 6 nitrogen and oxygen atoms in total. The highest BCUT2D eigenvalue weighted by molar-refractivity contribution is 7.89. The van der Waals surface area contributed by atoms with Gasteiger partial charge in [0.15, 0.2) is 0 Å². The zero-order valence-electron chi connectivity index (χ0n) is 9.69. The van der Waals surface area contributed by atoms with Crippen molar-refractivity contribution in [2.24, 2.45) is 0 Å². The second-order valence-corrected chi connectivity index (χ2v) is 5.96. The van der Waals surface area contributed by atoms with Crippen molar-refractivity contribution in [2.45, 2.75) is 17.7 Å². The van der Waals surface area contributed by atoms with E-state index < -0.39 is 17.3 Å². The molecule has 1 aromatic carbocycles. The van der Waals surface area contributed by atoms with Gasteiger partial charge in [0.25, 0.3) is 0 Å². The third kappa shape index (κ3) is 2.84. The van der Waals surface area contributed by atoms with Crippen LogP contribution in [-0.4, -0.2) is 43.2 Å². The maximum Gasteiger partial charge on any atom is 0.707 e. The van der Waals surface area contributed by atoms with E-state index in [4.69, 9.17) is 10.0 Å². The van der Waals surface area contributed by atoms with E-state index in [1.807, 2.05) is 0 Å². The summed E-state index contributed by atoms with van der Waals surface area (Å²) in [6.45, 7) is 1.10. The number of rotatable bonds is 4. The van der Waals surface area contributed by atoms with Gasteiger partial charge < -0.3 is 14.7 Å². The lowest BCUT2D eigenvalue weighted by Gasteiger charge is -2.15. The molecule has 2 N–H and O–H groups in total. The van der Waals surface area contributed by atoms with Crippen molar-refractivity contribution < 1.29 is 23.1 Å². The maximum absolute atomic E-state index is 12.2. The Hall–Kier alpha value is -1.09. The smallest absolute Gasteiger partial charge is 0.512 e. The van der Waals surface area contributed by atoms with Crippen LogP contribution in [0.4, 0.5) is 0 Å². The van der Waals surface area contributed by atoms with Crippen molar-refractivity contribution in [2.75, 3.05) is 13.1 Å². The number of sulfonamides is 1. The summed E-state index contributed by atoms with van der Waals surface area (Å²) in [5, 5.41) is 17.2. The highest BCUT2D eigenvalue weighted by Gasteiger charge is 2.27. The molecule has 2 rings (SSSR count). The predicted molar refractivity (Wildman–Crippen MR) is 65.3 cm³/mol. The topological polar surface area (TPSA) is 87.1 Å². The van der Waals surface area contributed by atoms with E-state index >= 15 is 0 Å². The van der Waals surface area contributed by atoms with Crippen molar-refractivity contribution in [1.82, 2.24) is 4.31 Å². The molecule has 1 fully saturated rings. The summed E-state index contributed by atoms with van der Waals surface area (Å²) < 4.78 is 30.4. The van der Waals surface area contributed by atoms with Crippen molar-refractivity contribution in [3.63, 3.8) is 0 Å². The molecule has 18 heavy (non-hydrogen) atoms. The fourth-order valence-corrected chi connectivity index (χ4v) is 3.41. The average molecular weight is 271 g/mol. The van der Waals surface area contributed by atoms with Gasteiger partial charge in [-0.05, 0) is 37.1 Å². The first-order valence-corrected chi connectivity index (χ1v) is 7.07. The van der Waals surface area contributed by atoms with E-state index in [1.54, 1.807) is 0 Å². The first-order chi connectivity index (χ1) is 8.50. The molecule has 0 atom stereocenters. The average Bonchev–Trinajstić information content (AvgIpc) is 2.83. The molecule has 0 aromatic heterocycles. The van der Waals surface area contributed by atoms with Crippen LogP contribution in [0.5, 0.6) is 5.75 Å². The van der Waals surface area contributed by atoms with E-state index in [2.05, 4.69) is 4.65 Å². The zero-order valence-corrected chi connectivity index (χ0v) is 10.5. The fraction of sp³-hybridized carbons (Fsp3) is 0.400. The minimum atomic E-state index is -3.43. The Bertz CT molecular complexity index is 496. The van der Waals surface area contributed by atoms with Gasteiger partial charge in [0, 0.05) is 13.1 Å². The van der Waals surface area contributed by atoms with E-state index in [9.17, 15) is 8.42 Å². The monoisotopic (exact) mass is 271 g/mol. The molecule has 0 spiro atoms. The number of hydrogen-bond donors (Lipinski definition) is 2. The summed E-state index contributed by atoms with van der Waals surface area (Å²) >= 11 is 0. The molecule has 8 heteroatoms. The van der Waals surface area contributed by atoms with Gasteiger partial charge in [-0.1, -0.05) is 0 Å². The fourth-order valence-electron chi connectivity index (χ4n) is 1.89. The Morgan fingerprint density at radius 2 is 1.67 bits per heavy atom. The third-order valence-electron chi connectivity index (χ3n) is 2.77. The normalized spacial score (nSPS) is 16.8. The second-order valence-electron chi connectivity index (χ2n) is 4.03. The Morgan fingerprint density at radius 3 is 2.17 bits per heavy atom. The highest BCUT2D eigenvalue weighted by atomic mass is 32.2. The molecule has 0 unspecified atom stereocenters. The number of nitrogens with zero attached hydrogens (tertiary/aromatic N) is 1. The van der Waals surface area contributed by atoms with Crippen LogP contribution in [-0.2, 0) is 10.0 Å². The van der Waals surface area contributed by atoms with Gasteiger partial charge in [0.05, 0.1) is 4.90 Å². The van der Waals surface area contributed by atoms with Gasteiger partial charge in [0.1, 0.15) is 5.75 Å². The minimum Gasteiger partial charge on any atom is -0.512 e. The summed E-state index contributed by atoms with van der Waals surface area (Å²) in [7, 11) is -5.34. The zero-order chi connectivity index (χ0) is 13.2. The highest BCUT2D eigenvalue weighted by Crippen LogP contribution is 2.22. The second kappa shape index (κ2) is 5.27. The van der Waals surface area contributed by atoms with Crippen LogP contribution in [0.25, 0.3) is 0 Å². The van der Waals surface area contributed by atoms with Crippen LogP contribution in [0.3, 0.4) is 0 Å². The number of hydrogen-bond acceptors (Lipinski definition) is 5. The van der Waals surface area contributed by atoms with Gasteiger partial charge >= 0.3 is 7.32 Å². The van der Waals surface area contributed by atoms with Gasteiger partial charge in [-0.2, -0.15) is 4.31 Å². The summed E-state index contributed by atoms with van der Waals surface area (Å²) in [5.74, 6) is 0.199. The van der Waals surface area contributed by atoms with Crippen LogP contribution in [0, 0.1) is 0 Å². The Morgan fingerprint density at radius 1 is 1.11 bits per heavy atom. The van der Waals surface area contributed by atoms with Crippen molar-refractivity contribution in [1.29, 1.82) is 0 Å². The van der Waals surface area contributed by atoms with Crippen LogP contribution in [0.1, 0.15) is 12.8 Å². The molecule has 1 saturated heterocycles. The molecule has 1 heterocycles. The van der Waals surface area contributed by atoms with Gasteiger partial charge in [-0.25, -0.2) is 8.42 Å². The molecule has 0 bridgehead atoms. The van der Waals surface area contributed by atoms with Crippen molar-refractivity contribution in [3.05, 3.63) is 24.3 Å². The first-order valence-electron chi connectivity index (χ1n) is 5.63. The molecule has 0 aliphatic carbocycles. The quantitative estimate of drug-likeness (QED) is 0.742. The van der Waals surface area contributed by atoms with Crippen LogP contribution >= 0.6 is 0 Å².